The van der Waals surface area contributed by atoms with Gasteiger partial charge in [0.25, 0.3) is 5.91 Å². The third-order valence-electron chi connectivity index (χ3n) is 4.35. The summed E-state index contributed by atoms with van der Waals surface area (Å²) in [6, 6.07) is 13.3. The van der Waals surface area contributed by atoms with Crippen LogP contribution in [0.25, 0.3) is 16.3 Å². The molecule has 3 heterocycles. The minimum Gasteiger partial charge on any atom is -0.342 e. The summed E-state index contributed by atoms with van der Waals surface area (Å²) in [6.45, 7) is 5.69. The van der Waals surface area contributed by atoms with E-state index in [-0.39, 0.29) is 17.6 Å². The Morgan fingerprint density at radius 1 is 1.07 bits per heavy atom. The first-order chi connectivity index (χ1) is 14.0. The largest absolute Gasteiger partial charge is 0.342 e. The van der Waals surface area contributed by atoms with Crippen molar-refractivity contribution < 1.29 is 4.79 Å². The van der Waals surface area contributed by atoms with E-state index in [9.17, 15) is 4.79 Å². The number of nitrogens with zero attached hydrogens (tertiary/aromatic N) is 6. The van der Waals surface area contributed by atoms with Gasteiger partial charge in [-0.25, -0.2) is 4.68 Å². The van der Waals surface area contributed by atoms with Crippen LogP contribution in [0.2, 0.25) is 0 Å². The summed E-state index contributed by atoms with van der Waals surface area (Å²) in [7, 11) is 0. The Balaban J connectivity index is 1.47. The van der Waals surface area contributed by atoms with E-state index >= 15 is 0 Å². The van der Waals surface area contributed by atoms with Gasteiger partial charge < -0.3 is 5.32 Å². The normalized spacial score (nSPS) is 12.0. The van der Waals surface area contributed by atoms with Crippen molar-refractivity contribution in [2.75, 3.05) is 0 Å². The minimum atomic E-state index is -0.321. The molecule has 0 bridgehead atoms. The van der Waals surface area contributed by atoms with Crippen molar-refractivity contribution >= 4 is 17.2 Å². The Hall–Kier alpha value is -3.46. The quantitative estimate of drug-likeness (QED) is 0.547. The first-order valence-electron chi connectivity index (χ1n) is 9.08. The highest BCUT2D eigenvalue weighted by Gasteiger charge is 2.19. The van der Waals surface area contributed by atoms with Crippen molar-refractivity contribution in [2.24, 2.45) is 0 Å². The van der Waals surface area contributed by atoms with Crippen molar-refractivity contribution in [3.8, 4) is 16.3 Å². The third kappa shape index (κ3) is 4.04. The Kier molecular flexibility index (Phi) is 5.13. The van der Waals surface area contributed by atoms with Gasteiger partial charge in [-0.15, -0.1) is 15.3 Å². The number of hydrogen-bond donors (Lipinski definition) is 1. The monoisotopic (exact) mass is 405 g/mol. The Labute approximate surface area is 171 Å². The highest BCUT2D eigenvalue weighted by molar-refractivity contribution is 7.14. The van der Waals surface area contributed by atoms with Gasteiger partial charge in [0.05, 0.1) is 23.6 Å². The number of nitrogens with one attached hydrogen (secondary N) is 1. The van der Waals surface area contributed by atoms with E-state index < -0.39 is 0 Å². The van der Waals surface area contributed by atoms with Crippen molar-refractivity contribution in [1.82, 2.24) is 35.5 Å². The number of carbonyl (C=O) groups excluding carboxylic acids is 1. The Bertz CT molecular complexity index is 1150. The fraction of sp³-hybridized carbons (Fsp3) is 0.200. The zero-order valence-corrected chi connectivity index (χ0v) is 17.0. The Morgan fingerprint density at radius 3 is 2.62 bits per heavy atom. The summed E-state index contributed by atoms with van der Waals surface area (Å²) in [5, 5.41) is 20.9. The molecule has 0 saturated heterocycles. The van der Waals surface area contributed by atoms with Gasteiger partial charge >= 0.3 is 0 Å². The molecule has 0 radical (unpaired) electrons. The van der Waals surface area contributed by atoms with E-state index in [1.807, 2.05) is 63.2 Å². The van der Waals surface area contributed by atoms with Crippen LogP contribution in [0.4, 0.5) is 0 Å². The average Bonchev–Trinajstić information content (AvgIpc) is 3.39. The van der Waals surface area contributed by atoms with Crippen LogP contribution in [-0.2, 0) is 0 Å². The van der Waals surface area contributed by atoms with Gasteiger partial charge in [0.15, 0.2) is 5.69 Å². The lowest BCUT2D eigenvalue weighted by atomic mass is 10.2. The number of aromatic nitrogens is 6. The summed E-state index contributed by atoms with van der Waals surface area (Å²) >= 11 is 1.45. The Morgan fingerprint density at radius 2 is 1.86 bits per heavy atom. The second-order valence-electron chi connectivity index (χ2n) is 6.61. The first-order valence-corrected chi connectivity index (χ1v) is 9.89. The molecule has 0 aliphatic rings. The molecule has 8 nitrogen and oxygen atoms in total. The number of benzene rings is 1. The summed E-state index contributed by atoms with van der Waals surface area (Å²) in [5.74, 6) is -0.321. The van der Waals surface area contributed by atoms with Gasteiger partial charge in [-0.05, 0) is 32.9 Å². The maximum Gasteiger partial charge on any atom is 0.274 e. The zero-order chi connectivity index (χ0) is 20.4. The van der Waals surface area contributed by atoms with Gasteiger partial charge in [0.2, 0.25) is 0 Å². The van der Waals surface area contributed by atoms with Crippen LogP contribution in [-0.4, -0.2) is 36.1 Å². The van der Waals surface area contributed by atoms with Crippen LogP contribution in [0.5, 0.6) is 0 Å². The molecule has 0 aliphatic heterocycles. The molecule has 0 spiro atoms. The standard InChI is InChI=1S/C20H19N7OS/c1-12-9-10-17(13(2)21-12)27-11-16(23-26-27)18(28)22-14(3)19-24-25-20(29-19)15-7-5-4-6-8-15/h4-11,14H,1-3H3,(H,22,28). The number of pyridine rings is 1. The highest BCUT2D eigenvalue weighted by atomic mass is 32.1. The zero-order valence-electron chi connectivity index (χ0n) is 16.2. The van der Waals surface area contributed by atoms with E-state index in [1.165, 1.54) is 11.3 Å². The smallest absolute Gasteiger partial charge is 0.274 e. The molecule has 1 unspecified atom stereocenters. The number of rotatable bonds is 5. The first kappa shape index (κ1) is 18.9. The minimum absolute atomic E-state index is 0.227. The molecule has 0 saturated carbocycles. The predicted molar refractivity (Wildman–Crippen MR) is 110 cm³/mol. The maximum absolute atomic E-state index is 12.6. The molecule has 0 aliphatic carbocycles. The molecule has 1 aromatic carbocycles. The number of amides is 1. The van der Waals surface area contributed by atoms with Gasteiger partial charge in [0, 0.05) is 11.3 Å². The van der Waals surface area contributed by atoms with E-state index in [2.05, 4.69) is 30.8 Å². The summed E-state index contributed by atoms with van der Waals surface area (Å²) in [6.07, 6.45) is 1.59. The highest BCUT2D eigenvalue weighted by Crippen LogP contribution is 2.26. The third-order valence-corrected chi connectivity index (χ3v) is 5.50. The van der Waals surface area contributed by atoms with Crippen LogP contribution in [0.15, 0.2) is 48.7 Å². The molecule has 1 amide bonds. The van der Waals surface area contributed by atoms with Crippen LogP contribution in [0.3, 0.4) is 0 Å². The maximum atomic E-state index is 12.6. The summed E-state index contributed by atoms with van der Waals surface area (Å²) in [4.78, 5) is 17.0. The molecule has 29 heavy (non-hydrogen) atoms. The number of aryl methyl sites for hydroxylation is 2. The number of carbonyl (C=O) groups is 1. The molecule has 1 N–H and O–H groups in total. The van der Waals surface area contributed by atoms with Gasteiger partial charge in [-0.3, -0.25) is 9.78 Å². The number of hydrogen-bond acceptors (Lipinski definition) is 7. The molecule has 4 rings (SSSR count). The van der Waals surface area contributed by atoms with Gasteiger partial charge in [-0.2, -0.15) is 0 Å². The SMILES string of the molecule is Cc1ccc(-n2cc(C(=O)NC(C)c3nnc(-c4ccccc4)s3)nn2)c(C)n1. The lowest BCUT2D eigenvalue weighted by Gasteiger charge is -2.08. The summed E-state index contributed by atoms with van der Waals surface area (Å²) < 4.78 is 1.56. The van der Waals surface area contributed by atoms with Crippen LogP contribution < -0.4 is 5.32 Å². The second kappa shape index (κ2) is 7.88. The molecular weight excluding hydrogens is 386 g/mol. The van der Waals surface area contributed by atoms with Crippen LogP contribution in [0.1, 0.15) is 39.8 Å². The topological polar surface area (TPSA) is 98.5 Å². The van der Waals surface area contributed by atoms with Crippen LogP contribution in [0, 0.1) is 13.8 Å². The lowest BCUT2D eigenvalue weighted by Crippen LogP contribution is -2.26. The van der Waals surface area contributed by atoms with E-state index in [0.717, 1.165) is 32.7 Å². The van der Waals surface area contributed by atoms with Gasteiger partial charge in [-0.1, -0.05) is 46.9 Å². The van der Waals surface area contributed by atoms with Crippen molar-refractivity contribution in [2.45, 2.75) is 26.8 Å². The predicted octanol–water partition coefficient (Wildman–Crippen LogP) is 3.29. The van der Waals surface area contributed by atoms with E-state index in [1.54, 1.807) is 10.9 Å². The van der Waals surface area contributed by atoms with E-state index in [0.29, 0.717) is 0 Å². The van der Waals surface area contributed by atoms with Gasteiger partial charge in [0.1, 0.15) is 10.0 Å². The molecule has 9 heteroatoms. The fourth-order valence-corrected chi connectivity index (χ4v) is 3.70. The average molecular weight is 405 g/mol. The molecule has 0 fully saturated rings. The van der Waals surface area contributed by atoms with Crippen LogP contribution >= 0.6 is 11.3 Å². The second-order valence-corrected chi connectivity index (χ2v) is 7.62. The molecule has 146 valence electrons. The van der Waals surface area contributed by atoms with E-state index in [4.69, 9.17) is 0 Å². The fourth-order valence-electron chi connectivity index (χ4n) is 2.85. The molecule has 3 aromatic heterocycles. The molecule has 4 aromatic rings. The summed E-state index contributed by atoms with van der Waals surface area (Å²) in [5.41, 5.74) is 3.75. The van der Waals surface area contributed by atoms with Crippen molar-refractivity contribution in [3.05, 3.63) is 70.8 Å². The lowest BCUT2D eigenvalue weighted by molar-refractivity contribution is 0.0934. The van der Waals surface area contributed by atoms with Crippen molar-refractivity contribution in [1.29, 1.82) is 0 Å². The molecular formula is C20H19N7OS. The molecule has 1 atom stereocenters. The van der Waals surface area contributed by atoms with Crippen molar-refractivity contribution in [3.63, 3.8) is 0 Å².